The summed E-state index contributed by atoms with van der Waals surface area (Å²) in [6.07, 6.45) is 19.4. The first-order chi connectivity index (χ1) is 24.5. The molecule has 4 aliphatic carbocycles. The van der Waals surface area contributed by atoms with Crippen LogP contribution in [-0.4, -0.2) is 46.6 Å². The normalized spacial score (nSPS) is 35.2. The third-order valence-corrected chi connectivity index (χ3v) is 14.5. The van der Waals surface area contributed by atoms with Crippen LogP contribution in [0.25, 0.3) is 0 Å². The molecule has 10 nitrogen and oxygen atoms in total. The molecule has 2 aromatic heterocycles. The van der Waals surface area contributed by atoms with Crippen LogP contribution >= 0.6 is 0 Å². The summed E-state index contributed by atoms with van der Waals surface area (Å²) in [6.45, 7) is 8.40. The van der Waals surface area contributed by atoms with Crippen LogP contribution in [0.2, 0.25) is 0 Å². The fourth-order valence-corrected chi connectivity index (χ4v) is 11.9. The van der Waals surface area contributed by atoms with Gasteiger partial charge in [0.25, 0.3) is 12.7 Å². The Kier molecular flexibility index (Phi) is 8.86. The number of nitrogens with zero attached hydrogens (tertiary/aromatic N) is 4. The van der Waals surface area contributed by atoms with Crippen molar-refractivity contribution in [2.24, 2.45) is 46.3 Å². The van der Waals surface area contributed by atoms with Crippen molar-refractivity contribution in [2.45, 2.75) is 110 Å². The van der Waals surface area contributed by atoms with Gasteiger partial charge in [0.05, 0.1) is 7.11 Å². The highest BCUT2D eigenvalue weighted by molar-refractivity contribution is 5.70. The second-order valence-corrected chi connectivity index (χ2v) is 17.0. The first-order valence-electron chi connectivity index (χ1n) is 19.3. The monoisotopic (exact) mass is 698 g/mol. The van der Waals surface area contributed by atoms with E-state index in [-0.39, 0.29) is 41.2 Å². The first-order valence-corrected chi connectivity index (χ1v) is 19.3. The van der Waals surface area contributed by atoms with Crippen molar-refractivity contribution in [1.29, 1.82) is 0 Å². The topological polar surface area (TPSA) is 96.5 Å². The van der Waals surface area contributed by atoms with Crippen molar-refractivity contribution < 1.29 is 37.7 Å². The Labute approximate surface area is 301 Å². The van der Waals surface area contributed by atoms with Crippen LogP contribution in [0.3, 0.4) is 0 Å². The van der Waals surface area contributed by atoms with Crippen LogP contribution in [0.15, 0.2) is 61.7 Å². The molecular formula is C41H54N4O6+2. The lowest BCUT2D eigenvalue weighted by Gasteiger charge is -2.62. The minimum atomic E-state index is -0.324. The van der Waals surface area contributed by atoms with Crippen molar-refractivity contribution >= 4 is 18.2 Å². The number of carbonyl (C=O) groups excluding carboxylic acids is 3. The zero-order chi connectivity index (χ0) is 35.5. The van der Waals surface area contributed by atoms with Crippen LogP contribution in [-0.2, 0) is 32.1 Å². The lowest BCUT2D eigenvalue weighted by molar-refractivity contribution is -0.688. The zero-order valence-electron chi connectivity index (χ0n) is 30.6. The first kappa shape index (κ1) is 34.2. The molecule has 272 valence electrons. The quantitative estimate of drug-likeness (QED) is 0.175. The molecule has 51 heavy (non-hydrogen) atoms. The smallest absolute Gasteiger partial charge is 0.469 e. The van der Waals surface area contributed by atoms with E-state index >= 15 is 0 Å². The second-order valence-electron chi connectivity index (χ2n) is 17.0. The van der Waals surface area contributed by atoms with Crippen LogP contribution in [0.1, 0.15) is 96.1 Å². The van der Waals surface area contributed by atoms with Crippen LogP contribution < -0.4 is 9.13 Å². The molecule has 10 atom stereocenters. The largest absolute Gasteiger partial charge is 0.511 e. The van der Waals surface area contributed by atoms with Gasteiger partial charge in [-0.1, -0.05) is 39.0 Å². The van der Waals surface area contributed by atoms with Crippen molar-refractivity contribution in [3.05, 3.63) is 72.8 Å². The molecule has 6 aliphatic rings. The molecule has 11 bridgehead atoms. The van der Waals surface area contributed by atoms with Crippen LogP contribution in [0.4, 0.5) is 9.59 Å². The highest BCUT2D eigenvalue weighted by Gasteiger charge is 2.65. The van der Waals surface area contributed by atoms with E-state index in [1.807, 2.05) is 46.4 Å². The Balaban J connectivity index is 1.14. The molecule has 1 aromatic carbocycles. The van der Waals surface area contributed by atoms with Crippen molar-refractivity contribution in [2.75, 3.05) is 7.11 Å². The summed E-state index contributed by atoms with van der Waals surface area (Å²) < 4.78 is 25.2. The van der Waals surface area contributed by atoms with Gasteiger partial charge in [-0.3, -0.25) is 4.79 Å². The maximum atomic E-state index is 14.1. The Bertz CT molecular complexity index is 1800. The predicted octanol–water partition coefficient (Wildman–Crippen LogP) is 6.54. The van der Waals surface area contributed by atoms with Crippen molar-refractivity contribution in [1.82, 2.24) is 9.13 Å². The van der Waals surface area contributed by atoms with E-state index in [2.05, 4.69) is 39.0 Å². The van der Waals surface area contributed by atoms with E-state index in [0.717, 1.165) is 68.9 Å². The summed E-state index contributed by atoms with van der Waals surface area (Å²) in [5.41, 5.74) is 2.13. The number of fused-ring (bicyclic) bond motifs is 5. The Hall–Kier alpha value is -3.95. The summed E-state index contributed by atoms with van der Waals surface area (Å²) >= 11 is 0. The van der Waals surface area contributed by atoms with Gasteiger partial charge in [-0.15, -0.1) is 9.13 Å². The van der Waals surface area contributed by atoms with Gasteiger partial charge < -0.3 is 14.2 Å². The summed E-state index contributed by atoms with van der Waals surface area (Å²) in [7, 11) is 1.46. The van der Waals surface area contributed by atoms with Gasteiger partial charge in [-0.2, -0.15) is 9.59 Å². The number of aromatic nitrogens is 4. The molecule has 2 aliphatic heterocycles. The second kappa shape index (κ2) is 13.2. The number of methoxy groups -OCH3 is 1. The predicted molar refractivity (Wildman–Crippen MR) is 186 cm³/mol. The number of rotatable bonds is 4. The van der Waals surface area contributed by atoms with E-state index in [0.29, 0.717) is 55.0 Å². The number of ether oxygens (including phenoxy) is 3. The lowest BCUT2D eigenvalue weighted by Crippen LogP contribution is -2.60. The molecule has 0 unspecified atom stereocenters. The fraction of sp³-hybridized carbons (Fsp3) is 0.634. The average molecular weight is 699 g/mol. The number of esters is 1. The van der Waals surface area contributed by atoms with Gasteiger partial charge in [0.15, 0.2) is 0 Å². The highest BCUT2D eigenvalue weighted by Crippen LogP contribution is 2.69. The number of imidazole rings is 2. The third-order valence-electron chi connectivity index (χ3n) is 14.5. The van der Waals surface area contributed by atoms with Gasteiger partial charge in [0, 0.05) is 11.8 Å². The minimum absolute atomic E-state index is 0.0864. The molecule has 0 radical (unpaired) electrons. The molecule has 0 spiro atoms. The number of benzene rings is 1. The van der Waals surface area contributed by atoms with Crippen LogP contribution in [0.5, 0.6) is 0 Å². The molecule has 4 heterocycles. The molecule has 0 amide bonds. The van der Waals surface area contributed by atoms with E-state index < -0.39 is 0 Å². The van der Waals surface area contributed by atoms with Gasteiger partial charge >= 0.3 is 18.2 Å². The summed E-state index contributed by atoms with van der Waals surface area (Å²) in [5.74, 6) is 2.37. The Morgan fingerprint density at radius 2 is 1.61 bits per heavy atom. The molecule has 4 fully saturated rings. The number of hydrogen-bond acceptors (Lipinski definition) is 6. The van der Waals surface area contributed by atoms with E-state index in [9.17, 15) is 14.4 Å². The molecular weight excluding hydrogens is 644 g/mol. The standard InChI is InChI=1S/C41H54N4O6/c1-27(8-13-37(46)49-4)33-11-12-34-32-10-9-30-21-31-14-15-40(30,2)35(32)22-36(41(33,34)3)51-39(48)45-19-17-43(26-45)24-29-7-5-6-28(20-29)23-42-16-18-44(25-42)38(47)50-31/h5-7,16-20,25-27,30-36H,8-15,21-24H2,1-4H3/q+2/t27-,30-,31-,32+,33-,34+,35+,36+,40+,41-/m1/s1. The minimum Gasteiger partial charge on any atom is -0.469 e. The summed E-state index contributed by atoms with van der Waals surface area (Å²) in [4.78, 5) is 39.7. The maximum absolute atomic E-state index is 14.1. The van der Waals surface area contributed by atoms with Crippen LogP contribution in [0, 0.1) is 46.3 Å². The highest BCUT2D eigenvalue weighted by atomic mass is 16.6. The summed E-state index contributed by atoms with van der Waals surface area (Å²) in [6, 6.07) is 8.39. The third kappa shape index (κ3) is 6.10. The number of carbonyl (C=O) groups is 3. The average Bonchev–Trinajstić information content (AvgIpc) is 3.87. The number of hydrogen-bond donors (Lipinski definition) is 0. The molecule has 10 heteroatoms. The van der Waals surface area contributed by atoms with E-state index in [1.54, 1.807) is 15.3 Å². The zero-order valence-corrected chi connectivity index (χ0v) is 30.6. The SMILES string of the molecule is COC(=O)CC[C@@H](C)[C@H]1CC[C@H]2[C@@H]3CC[C@@H]4C[C@H]5CC[C@]4(C)[C@H]3C[C@H](OC(=O)n3cc[n+](c3)Cc3cccc(c3)C[n+]3ccn(c3)C(=O)O5)[C@]12C. The van der Waals surface area contributed by atoms with Crippen molar-refractivity contribution in [3.8, 4) is 0 Å². The molecule has 9 rings (SSSR count). The maximum Gasteiger partial charge on any atom is 0.511 e. The van der Waals surface area contributed by atoms with Gasteiger partial charge in [-0.05, 0) is 116 Å². The van der Waals surface area contributed by atoms with Crippen molar-refractivity contribution in [3.63, 3.8) is 0 Å². The summed E-state index contributed by atoms with van der Waals surface area (Å²) in [5, 5.41) is 0. The van der Waals surface area contributed by atoms with E-state index in [4.69, 9.17) is 14.2 Å². The fourth-order valence-electron chi connectivity index (χ4n) is 11.9. The Morgan fingerprint density at radius 3 is 2.29 bits per heavy atom. The van der Waals surface area contributed by atoms with Gasteiger partial charge in [0.1, 0.15) is 50.1 Å². The lowest BCUT2D eigenvalue weighted by atomic mass is 9.43. The Morgan fingerprint density at radius 1 is 0.922 bits per heavy atom. The molecule has 0 saturated heterocycles. The van der Waals surface area contributed by atoms with Gasteiger partial charge in [0.2, 0.25) is 0 Å². The molecule has 4 saturated carbocycles. The van der Waals surface area contributed by atoms with Gasteiger partial charge in [-0.25, -0.2) is 9.13 Å². The molecule has 0 N–H and O–H groups in total. The molecule has 3 aromatic rings. The van der Waals surface area contributed by atoms with E-state index in [1.165, 1.54) is 7.11 Å².